The number of carbonyl (C=O) groups is 1. The lowest BCUT2D eigenvalue weighted by Crippen LogP contribution is -2.47. The van der Waals surface area contributed by atoms with Crippen molar-refractivity contribution in [3.8, 4) is 0 Å². The van der Waals surface area contributed by atoms with Crippen molar-refractivity contribution >= 4 is 26.0 Å². The van der Waals surface area contributed by atoms with E-state index in [9.17, 15) is 21.6 Å². The van der Waals surface area contributed by atoms with Gasteiger partial charge in [-0.1, -0.05) is 0 Å². The summed E-state index contributed by atoms with van der Waals surface area (Å²) in [7, 11) is -7.09. The fourth-order valence-corrected chi connectivity index (χ4v) is 4.82. The molecular formula is C17H26N2O6S2. The fourth-order valence-electron chi connectivity index (χ4n) is 2.72. The van der Waals surface area contributed by atoms with Crippen LogP contribution in [0.5, 0.6) is 0 Å². The summed E-state index contributed by atoms with van der Waals surface area (Å²) in [5.41, 5.74) is -0.591. The van der Waals surface area contributed by atoms with Crippen LogP contribution in [0.15, 0.2) is 34.1 Å². The molecule has 1 heterocycles. The van der Waals surface area contributed by atoms with E-state index in [-0.39, 0.29) is 28.9 Å². The molecule has 8 nitrogen and oxygen atoms in total. The summed E-state index contributed by atoms with van der Waals surface area (Å²) in [5, 5.41) is 2.76. The smallest absolute Gasteiger partial charge is 0.407 e. The minimum atomic E-state index is -3.71. The third kappa shape index (κ3) is 5.91. The molecule has 10 heteroatoms. The molecule has 1 aliphatic heterocycles. The Labute approximate surface area is 160 Å². The number of rotatable bonds is 4. The molecule has 0 unspecified atom stereocenters. The van der Waals surface area contributed by atoms with Gasteiger partial charge in [-0.3, -0.25) is 0 Å². The molecular weight excluding hydrogens is 392 g/mol. The lowest BCUT2D eigenvalue weighted by Gasteiger charge is -2.32. The molecule has 0 saturated carbocycles. The Bertz CT molecular complexity index is 878. The van der Waals surface area contributed by atoms with Crippen LogP contribution in [0, 0.1) is 0 Å². The summed E-state index contributed by atoms with van der Waals surface area (Å²) < 4.78 is 55.0. The first-order valence-corrected chi connectivity index (χ1v) is 11.9. The van der Waals surface area contributed by atoms with E-state index >= 15 is 0 Å². The van der Waals surface area contributed by atoms with E-state index in [1.165, 1.54) is 28.6 Å². The van der Waals surface area contributed by atoms with Gasteiger partial charge in [-0.05, 0) is 57.9 Å². The van der Waals surface area contributed by atoms with Crippen molar-refractivity contribution in [2.75, 3.05) is 19.3 Å². The van der Waals surface area contributed by atoms with E-state index in [1.807, 2.05) is 0 Å². The lowest BCUT2D eigenvalue weighted by molar-refractivity contribution is 0.0489. The Morgan fingerprint density at radius 3 is 1.96 bits per heavy atom. The van der Waals surface area contributed by atoms with Crippen LogP contribution < -0.4 is 5.32 Å². The van der Waals surface area contributed by atoms with Crippen molar-refractivity contribution < 1.29 is 26.4 Å². The van der Waals surface area contributed by atoms with Crippen LogP contribution >= 0.6 is 0 Å². The minimum Gasteiger partial charge on any atom is -0.444 e. The van der Waals surface area contributed by atoms with Crippen molar-refractivity contribution in [2.45, 2.75) is 55.0 Å². The molecule has 1 fully saturated rings. The Morgan fingerprint density at radius 1 is 1.04 bits per heavy atom. The van der Waals surface area contributed by atoms with Gasteiger partial charge in [-0.2, -0.15) is 4.31 Å². The molecule has 1 N–H and O–H groups in total. The number of hydrogen-bond donors (Lipinski definition) is 1. The average Bonchev–Trinajstić information content (AvgIpc) is 2.53. The maximum atomic E-state index is 12.7. The SMILES string of the molecule is CC(C)(C)OC(=O)NC1CCN(S(=O)(=O)c2ccc(S(C)(=O)=O)cc2)CC1. The quantitative estimate of drug-likeness (QED) is 0.798. The highest BCUT2D eigenvalue weighted by Gasteiger charge is 2.30. The van der Waals surface area contributed by atoms with E-state index in [4.69, 9.17) is 4.74 Å². The molecule has 0 aromatic heterocycles. The molecule has 0 bridgehead atoms. The van der Waals surface area contributed by atoms with Gasteiger partial charge in [0.15, 0.2) is 9.84 Å². The number of nitrogens with zero attached hydrogens (tertiary/aromatic N) is 1. The number of piperidine rings is 1. The van der Waals surface area contributed by atoms with Gasteiger partial charge in [-0.15, -0.1) is 0 Å². The van der Waals surface area contributed by atoms with Crippen molar-refractivity contribution in [1.82, 2.24) is 9.62 Å². The summed E-state index contributed by atoms with van der Waals surface area (Å²) in [6.45, 7) is 5.84. The number of alkyl carbamates (subject to hydrolysis) is 1. The molecule has 1 aromatic carbocycles. The van der Waals surface area contributed by atoms with Crippen LogP contribution in [0.25, 0.3) is 0 Å². The van der Waals surface area contributed by atoms with Crippen molar-refractivity contribution in [1.29, 1.82) is 0 Å². The first-order valence-electron chi connectivity index (χ1n) is 8.59. The summed E-state index contributed by atoms with van der Waals surface area (Å²) in [4.78, 5) is 11.9. The molecule has 1 amide bonds. The average molecular weight is 419 g/mol. The Morgan fingerprint density at radius 2 is 1.52 bits per heavy atom. The highest BCUT2D eigenvalue weighted by atomic mass is 32.2. The largest absolute Gasteiger partial charge is 0.444 e. The number of hydrogen-bond acceptors (Lipinski definition) is 6. The highest BCUT2D eigenvalue weighted by Crippen LogP contribution is 2.22. The van der Waals surface area contributed by atoms with Gasteiger partial charge in [0.2, 0.25) is 10.0 Å². The Kier molecular flexibility index (Phi) is 6.23. The zero-order chi connectivity index (χ0) is 20.5. The van der Waals surface area contributed by atoms with Gasteiger partial charge in [0.1, 0.15) is 5.60 Å². The second-order valence-corrected chi connectivity index (χ2v) is 11.5. The van der Waals surface area contributed by atoms with Crippen LogP contribution in [0.1, 0.15) is 33.6 Å². The van der Waals surface area contributed by atoms with Gasteiger partial charge < -0.3 is 10.1 Å². The number of sulfone groups is 1. The van der Waals surface area contributed by atoms with Crippen molar-refractivity contribution in [2.24, 2.45) is 0 Å². The topological polar surface area (TPSA) is 110 Å². The predicted octanol–water partition coefficient (Wildman–Crippen LogP) is 1.77. The van der Waals surface area contributed by atoms with Gasteiger partial charge >= 0.3 is 6.09 Å². The van der Waals surface area contributed by atoms with E-state index in [2.05, 4.69) is 5.32 Å². The zero-order valence-corrected chi connectivity index (χ0v) is 17.6. The normalized spacial score (nSPS) is 17.5. The lowest BCUT2D eigenvalue weighted by atomic mass is 10.1. The monoisotopic (exact) mass is 418 g/mol. The minimum absolute atomic E-state index is 0.0495. The maximum Gasteiger partial charge on any atom is 0.407 e. The number of carbonyl (C=O) groups excluding carboxylic acids is 1. The summed E-state index contributed by atoms with van der Waals surface area (Å²) in [6, 6.07) is 5.03. The van der Waals surface area contributed by atoms with E-state index in [0.717, 1.165) is 6.26 Å². The Balaban J connectivity index is 1.99. The third-order valence-corrected chi connectivity index (χ3v) is 7.11. The van der Waals surface area contributed by atoms with E-state index in [0.29, 0.717) is 12.8 Å². The van der Waals surface area contributed by atoms with Crippen molar-refractivity contribution in [3.05, 3.63) is 24.3 Å². The van der Waals surface area contributed by atoms with Gasteiger partial charge in [-0.25, -0.2) is 21.6 Å². The van der Waals surface area contributed by atoms with Crippen LogP contribution in [-0.4, -0.2) is 58.2 Å². The number of ether oxygens (including phenoxy) is 1. The fraction of sp³-hybridized carbons (Fsp3) is 0.588. The zero-order valence-electron chi connectivity index (χ0n) is 15.9. The standard InChI is InChI=1S/C17H26N2O6S2/c1-17(2,3)25-16(20)18-13-9-11-19(12-10-13)27(23,24)15-7-5-14(6-8-15)26(4,21)22/h5-8,13H,9-12H2,1-4H3,(H,18,20). The predicted molar refractivity (Wildman–Crippen MR) is 101 cm³/mol. The molecule has 2 rings (SSSR count). The van der Waals surface area contributed by atoms with Crippen LogP contribution in [0.4, 0.5) is 4.79 Å². The summed E-state index contributed by atoms with van der Waals surface area (Å²) in [5.74, 6) is 0. The van der Waals surface area contributed by atoms with Crippen molar-refractivity contribution in [3.63, 3.8) is 0 Å². The highest BCUT2D eigenvalue weighted by molar-refractivity contribution is 7.90. The molecule has 1 saturated heterocycles. The molecule has 0 atom stereocenters. The number of amides is 1. The molecule has 1 aliphatic rings. The van der Waals surface area contributed by atoms with E-state index < -0.39 is 31.6 Å². The number of benzene rings is 1. The van der Waals surface area contributed by atoms with Crippen LogP contribution in [0.3, 0.4) is 0 Å². The molecule has 0 radical (unpaired) electrons. The molecule has 0 spiro atoms. The second-order valence-electron chi connectivity index (χ2n) is 7.57. The first kappa shape index (κ1) is 21.6. The van der Waals surface area contributed by atoms with Crippen LogP contribution in [0.2, 0.25) is 0 Å². The number of sulfonamides is 1. The second kappa shape index (κ2) is 7.76. The van der Waals surface area contributed by atoms with Crippen LogP contribution in [-0.2, 0) is 24.6 Å². The van der Waals surface area contributed by atoms with Gasteiger partial charge in [0.25, 0.3) is 0 Å². The van der Waals surface area contributed by atoms with Gasteiger partial charge in [0, 0.05) is 25.4 Å². The summed E-state index contributed by atoms with van der Waals surface area (Å²) in [6.07, 6.45) is 1.50. The molecule has 1 aromatic rings. The summed E-state index contributed by atoms with van der Waals surface area (Å²) >= 11 is 0. The van der Waals surface area contributed by atoms with E-state index in [1.54, 1.807) is 20.8 Å². The molecule has 152 valence electrons. The third-order valence-electron chi connectivity index (χ3n) is 4.06. The maximum absolute atomic E-state index is 12.7. The number of nitrogens with one attached hydrogen (secondary N) is 1. The first-order chi connectivity index (χ1) is 12.3. The van der Waals surface area contributed by atoms with Gasteiger partial charge in [0.05, 0.1) is 9.79 Å². The molecule has 27 heavy (non-hydrogen) atoms. The molecule has 0 aliphatic carbocycles. The Hall–Kier alpha value is -1.65.